The lowest BCUT2D eigenvalue weighted by Crippen LogP contribution is -2.07. The first-order chi connectivity index (χ1) is 16.6. The molecule has 0 aliphatic carbocycles. The molecule has 0 aliphatic heterocycles. The fourth-order valence-corrected chi connectivity index (χ4v) is 3.41. The van der Waals surface area contributed by atoms with Crippen LogP contribution < -0.4 is 10.6 Å². The summed E-state index contributed by atoms with van der Waals surface area (Å²) in [5, 5.41) is 6.70. The predicted octanol–water partition coefficient (Wildman–Crippen LogP) is 8.81. The van der Waals surface area contributed by atoms with Crippen molar-refractivity contribution in [3.8, 4) is 11.1 Å². The van der Waals surface area contributed by atoms with E-state index in [1.165, 1.54) is 11.1 Å². The average molecular weight is 445 g/mol. The van der Waals surface area contributed by atoms with Gasteiger partial charge in [-0.25, -0.2) is 0 Å². The highest BCUT2D eigenvalue weighted by atomic mass is 14.9. The number of benzene rings is 3. The Morgan fingerprint density at radius 1 is 0.765 bits per heavy atom. The minimum absolute atomic E-state index is 0.842. The van der Waals surface area contributed by atoms with Crippen molar-refractivity contribution in [2.75, 3.05) is 5.32 Å². The molecule has 0 unspecified atom stereocenters. The third kappa shape index (κ3) is 7.39. The first-order valence-electron chi connectivity index (χ1n) is 11.4. The van der Waals surface area contributed by atoms with E-state index in [9.17, 15) is 0 Å². The van der Waals surface area contributed by atoms with Gasteiger partial charge in [0.05, 0.1) is 0 Å². The van der Waals surface area contributed by atoms with Crippen molar-refractivity contribution < 1.29 is 0 Å². The maximum atomic E-state index is 4.02. The molecule has 170 valence electrons. The van der Waals surface area contributed by atoms with Crippen LogP contribution in [0.2, 0.25) is 0 Å². The minimum atomic E-state index is 0.842. The van der Waals surface area contributed by atoms with E-state index in [2.05, 4.69) is 90.5 Å². The summed E-state index contributed by atoms with van der Waals surface area (Å²) in [6, 6.07) is 27.2. The van der Waals surface area contributed by atoms with E-state index >= 15 is 0 Å². The smallest absolute Gasteiger partial charge is 0.0384 e. The van der Waals surface area contributed by atoms with E-state index in [-0.39, 0.29) is 0 Å². The van der Waals surface area contributed by atoms with E-state index in [4.69, 9.17) is 0 Å². The Kier molecular flexibility index (Phi) is 9.07. The van der Waals surface area contributed by atoms with Crippen molar-refractivity contribution >= 4 is 16.9 Å². The van der Waals surface area contributed by atoms with Gasteiger partial charge in [-0.15, -0.1) is 0 Å². The molecule has 0 heterocycles. The molecule has 3 aromatic carbocycles. The first-order valence-corrected chi connectivity index (χ1v) is 11.4. The van der Waals surface area contributed by atoms with Gasteiger partial charge in [0.2, 0.25) is 0 Å². The number of rotatable bonds is 10. The largest absolute Gasteiger partial charge is 0.360 e. The fourth-order valence-electron chi connectivity index (χ4n) is 3.41. The quantitative estimate of drug-likeness (QED) is 0.305. The number of nitrogens with one attached hydrogen (secondary N) is 2. The second-order valence-electron chi connectivity index (χ2n) is 7.86. The van der Waals surface area contributed by atoms with E-state index in [1.54, 1.807) is 0 Å². The van der Waals surface area contributed by atoms with Gasteiger partial charge in [-0.3, -0.25) is 0 Å². The molecule has 0 saturated carbocycles. The van der Waals surface area contributed by atoms with Crippen LogP contribution in [0.5, 0.6) is 0 Å². The van der Waals surface area contributed by atoms with Crippen LogP contribution in [0, 0.1) is 0 Å². The highest BCUT2D eigenvalue weighted by Crippen LogP contribution is 2.25. The molecule has 2 heteroatoms. The molecule has 0 bridgehead atoms. The molecule has 0 saturated heterocycles. The second-order valence-corrected chi connectivity index (χ2v) is 7.86. The fraction of sp³-hybridized carbons (Fsp3) is 0.0625. The van der Waals surface area contributed by atoms with Gasteiger partial charge < -0.3 is 10.6 Å². The molecule has 3 aromatic rings. The molecule has 0 aliphatic rings. The lowest BCUT2D eigenvalue weighted by atomic mass is 10.00. The molecular formula is C32H32N2. The lowest BCUT2D eigenvalue weighted by Gasteiger charge is -2.09. The number of hydrogen-bond donors (Lipinski definition) is 2. The number of para-hydroxylation sites is 1. The van der Waals surface area contributed by atoms with Gasteiger partial charge in [0.15, 0.2) is 0 Å². The summed E-state index contributed by atoms with van der Waals surface area (Å²) in [6.07, 6.45) is 13.8. The van der Waals surface area contributed by atoms with E-state index in [0.29, 0.717) is 0 Å². The Bertz CT molecular complexity index is 1210. The number of anilines is 2. The summed E-state index contributed by atoms with van der Waals surface area (Å²) in [5.41, 5.74) is 8.54. The van der Waals surface area contributed by atoms with Gasteiger partial charge in [0, 0.05) is 22.8 Å². The van der Waals surface area contributed by atoms with Crippen LogP contribution in [-0.4, -0.2) is 0 Å². The third-order valence-electron chi connectivity index (χ3n) is 5.19. The summed E-state index contributed by atoms with van der Waals surface area (Å²) in [7, 11) is 0. The van der Waals surface area contributed by atoms with Crippen molar-refractivity contribution in [3.05, 3.63) is 152 Å². The minimum Gasteiger partial charge on any atom is -0.360 e. The summed E-state index contributed by atoms with van der Waals surface area (Å²) in [5.74, 6) is 0. The van der Waals surface area contributed by atoms with Crippen molar-refractivity contribution in [1.82, 2.24) is 5.32 Å². The van der Waals surface area contributed by atoms with E-state index in [0.717, 1.165) is 33.9 Å². The van der Waals surface area contributed by atoms with Crippen LogP contribution in [0.3, 0.4) is 0 Å². The zero-order valence-electron chi connectivity index (χ0n) is 20.0. The second kappa shape index (κ2) is 12.7. The predicted molar refractivity (Wildman–Crippen MR) is 150 cm³/mol. The molecule has 34 heavy (non-hydrogen) atoms. The molecule has 0 amide bonds. The molecule has 2 N–H and O–H groups in total. The molecule has 0 fully saturated rings. The normalized spacial score (nSPS) is 12.2. The van der Waals surface area contributed by atoms with E-state index < -0.39 is 0 Å². The van der Waals surface area contributed by atoms with Crippen molar-refractivity contribution in [3.63, 3.8) is 0 Å². The maximum absolute atomic E-state index is 4.02. The zero-order chi connectivity index (χ0) is 24.2. The average Bonchev–Trinajstić information content (AvgIpc) is 2.86. The lowest BCUT2D eigenvalue weighted by molar-refractivity contribution is 1.01. The topological polar surface area (TPSA) is 24.1 Å². The monoisotopic (exact) mass is 444 g/mol. The van der Waals surface area contributed by atoms with Crippen LogP contribution in [0.25, 0.3) is 16.7 Å². The zero-order valence-corrected chi connectivity index (χ0v) is 20.0. The van der Waals surface area contributed by atoms with Crippen LogP contribution in [0.15, 0.2) is 146 Å². The highest BCUT2D eigenvalue weighted by Gasteiger charge is 2.02. The van der Waals surface area contributed by atoms with Crippen LogP contribution >= 0.6 is 0 Å². The Morgan fingerprint density at radius 3 is 2.00 bits per heavy atom. The van der Waals surface area contributed by atoms with Gasteiger partial charge in [-0.05, 0) is 72.5 Å². The Labute approximate surface area is 204 Å². The molecule has 0 radical (unpaired) electrons. The molecule has 0 aromatic heterocycles. The van der Waals surface area contributed by atoms with Crippen molar-refractivity contribution in [1.29, 1.82) is 0 Å². The molecule has 0 atom stereocenters. The van der Waals surface area contributed by atoms with Crippen LogP contribution in [0.4, 0.5) is 11.4 Å². The summed E-state index contributed by atoms with van der Waals surface area (Å²) < 4.78 is 0. The highest BCUT2D eigenvalue weighted by molar-refractivity contribution is 5.77. The number of allylic oxidation sites excluding steroid dienone is 9. The summed E-state index contributed by atoms with van der Waals surface area (Å²) in [4.78, 5) is 0. The standard InChI is InChI=1S/C32H32N2/c1-5-7-9-12-25(3)33-26(4)15-16-27(6-2)28-17-19-29(20-18-28)30-21-23-32(24-22-30)34-31-13-10-8-11-14-31/h5-24,33-34H,2-3H2,1,4H3/b7-5-,12-9-,26-15+,27-16+. The summed E-state index contributed by atoms with van der Waals surface area (Å²) >= 11 is 0. The maximum Gasteiger partial charge on any atom is 0.0384 e. The number of hydrogen-bond acceptors (Lipinski definition) is 2. The Morgan fingerprint density at radius 2 is 1.38 bits per heavy atom. The van der Waals surface area contributed by atoms with E-state index in [1.807, 2.05) is 68.5 Å². The van der Waals surface area contributed by atoms with Gasteiger partial charge >= 0.3 is 0 Å². The van der Waals surface area contributed by atoms with Crippen molar-refractivity contribution in [2.45, 2.75) is 13.8 Å². The van der Waals surface area contributed by atoms with Crippen molar-refractivity contribution in [2.24, 2.45) is 0 Å². The molecule has 3 rings (SSSR count). The SMILES string of the molecule is C=C/C(=C\C=C(/C)NC(=C)/C=C\C=C/C)c1ccc(-c2ccc(Nc3ccccc3)cc2)cc1. The Balaban J connectivity index is 1.67. The van der Waals surface area contributed by atoms with Gasteiger partial charge in [0.25, 0.3) is 0 Å². The molecule has 0 spiro atoms. The molecule has 2 nitrogen and oxygen atoms in total. The van der Waals surface area contributed by atoms with Crippen LogP contribution in [0.1, 0.15) is 19.4 Å². The Hall–Kier alpha value is -4.30. The van der Waals surface area contributed by atoms with Gasteiger partial charge in [-0.2, -0.15) is 0 Å². The van der Waals surface area contributed by atoms with Gasteiger partial charge in [0.1, 0.15) is 0 Å². The molecular weight excluding hydrogens is 412 g/mol. The first kappa shape index (κ1) is 24.3. The van der Waals surface area contributed by atoms with Gasteiger partial charge in [-0.1, -0.05) is 98.1 Å². The van der Waals surface area contributed by atoms with Crippen LogP contribution in [-0.2, 0) is 0 Å². The summed E-state index contributed by atoms with van der Waals surface area (Å²) in [6.45, 7) is 12.0. The third-order valence-corrected chi connectivity index (χ3v) is 5.19.